The highest BCUT2D eigenvalue weighted by Crippen LogP contribution is 2.20. The maximum absolute atomic E-state index is 11.6. The highest BCUT2D eigenvalue weighted by atomic mass is 127. The number of anilines is 2. The fourth-order valence-electron chi connectivity index (χ4n) is 1.33. The van der Waals surface area contributed by atoms with E-state index in [-0.39, 0.29) is 18.0 Å². The topological polar surface area (TPSA) is 67.2 Å². The molecule has 0 aliphatic rings. The third kappa shape index (κ3) is 5.25. The van der Waals surface area contributed by atoms with Crippen LogP contribution in [0.5, 0.6) is 0 Å². The van der Waals surface area contributed by atoms with Crippen LogP contribution in [0.3, 0.4) is 0 Å². The molecule has 0 fully saturated rings. The minimum atomic E-state index is -0.212. The average Bonchev–Trinajstić information content (AvgIpc) is 2.13. The minimum absolute atomic E-state index is 0.0459. The molecule has 0 saturated carbocycles. The van der Waals surface area contributed by atoms with E-state index in [1.807, 2.05) is 39.0 Å². The highest BCUT2D eigenvalue weighted by molar-refractivity contribution is 14.1. The van der Waals surface area contributed by atoms with E-state index < -0.39 is 0 Å². The lowest BCUT2D eigenvalue weighted by atomic mass is 10.1. The minimum Gasteiger partial charge on any atom is -0.397 e. The van der Waals surface area contributed by atoms with Gasteiger partial charge in [-0.25, -0.2) is 0 Å². The molecular weight excluding hydrogens is 329 g/mol. The van der Waals surface area contributed by atoms with Gasteiger partial charge in [-0.1, -0.05) is 0 Å². The molecule has 0 unspecified atom stereocenters. The predicted octanol–water partition coefficient (Wildman–Crippen LogP) is 2.20. The second kappa shape index (κ2) is 5.57. The van der Waals surface area contributed by atoms with Gasteiger partial charge in [0.2, 0.25) is 5.91 Å². The Morgan fingerprint density at radius 2 is 2.06 bits per heavy atom. The summed E-state index contributed by atoms with van der Waals surface area (Å²) in [6.45, 7) is 6.07. The molecule has 0 spiro atoms. The zero-order chi connectivity index (χ0) is 13.1. The van der Waals surface area contributed by atoms with Crippen molar-refractivity contribution in [2.45, 2.75) is 26.3 Å². The largest absolute Gasteiger partial charge is 0.397 e. The van der Waals surface area contributed by atoms with E-state index in [0.29, 0.717) is 5.69 Å². The second-order valence-corrected chi connectivity index (χ2v) is 6.13. The molecule has 0 saturated heterocycles. The molecule has 0 bridgehead atoms. The summed E-state index contributed by atoms with van der Waals surface area (Å²) in [7, 11) is 0. The van der Waals surface area contributed by atoms with Crippen LogP contribution in [-0.2, 0) is 4.79 Å². The molecule has 1 amide bonds. The van der Waals surface area contributed by atoms with Gasteiger partial charge in [0, 0.05) is 9.11 Å². The number of carbonyl (C=O) groups excluding carboxylic acids is 1. The van der Waals surface area contributed by atoms with E-state index in [9.17, 15) is 4.79 Å². The van der Waals surface area contributed by atoms with Crippen LogP contribution in [0.1, 0.15) is 20.8 Å². The fraction of sp³-hybridized carbons (Fsp3) is 0.417. The van der Waals surface area contributed by atoms with E-state index >= 15 is 0 Å². The Balaban J connectivity index is 2.53. The Morgan fingerprint density at radius 3 is 2.59 bits per heavy atom. The van der Waals surface area contributed by atoms with Gasteiger partial charge in [0.1, 0.15) is 0 Å². The summed E-state index contributed by atoms with van der Waals surface area (Å²) in [5.41, 5.74) is 7.06. The van der Waals surface area contributed by atoms with Crippen molar-refractivity contribution in [2.24, 2.45) is 0 Å². The molecule has 4 nitrogen and oxygen atoms in total. The van der Waals surface area contributed by atoms with Gasteiger partial charge in [-0.3, -0.25) is 4.79 Å². The Kier molecular flexibility index (Phi) is 4.62. The van der Waals surface area contributed by atoms with Crippen LogP contribution in [0.25, 0.3) is 0 Å². The van der Waals surface area contributed by atoms with E-state index in [1.54, 1.807) is 0 Å². The summed E-state index contributed by atoms with van der Waals surface area (Å²) in [6.07, 6.45) is 0. The molecule has 4 N–H and O–H groups in total. The van der Waals surface area contributed by atoms with Crippen molar-refractivity contribution in [1.29, 1.82) is 0 Å². The third-order valence-corrected chi connectivity index (χ3v) is 2.64. The van der Waals surface area contributed by atoms with Gasteiger partial charge in [-0.05, 0) is 61.6 Å². The van der Waals surface area contributed by atoms with E-state index in [0.717, 1.165) is 9.26 Å². The maximum Gasteiger partial charge on any atom is 0.239 e. The van der Waals surface area contributed by atoms with Crippen molar-refractivity contribution in [2.75, 3.05) is 17.6 Å². The molecule has 1 rings (SSSR count). The summed E-state index contributed by atoms with van der Waals surface area (Å²) in [5, 5.41) is 5.90. The molecule has 5 heteroatoms. The second-order valence-electron chi connectivity index (χ2n) is 4.88. The van der Waals surface area contributed by atoms with Crippen LogP contribution >= 0.6 is 22.6 Å². The normalized spacial score (nSPS) is 11.1. The number of benzene rings is 1. The first-order valence-electron chi connectivity index (χ1n) is 5.38. The molecule has 0 heterocycles. The molecule has 0 atom stereocenters. The molecular formula is C12H18IN3O. The summed E-state index contributed by atoms with van der Waals surface area (Å²) in [5.74, 6) is -0.0459. The van der Waals surface area contributed by atoms with Gasteiger partial charge < -0.3 is 16.4 Å². The standard InChI is InChI=1S/C12H18IN3O/c1-12(2,3)16-11(17)7-15-10-5-4-8(13)6-9(10)14/h4-6,15H,7,14H2,1-3H3,(H,16,17). The van der Waals surface area contributed by atoms with Crippen LogP contribution in [0.15, 0.2) is 18.2 Å². The highest BCUT2D eigenvalue weighted by Gasteiger charge is 2.13. The van der Waals surface area contributed by atoms with Crippen LogP contribution < -0.4 is 16.4 Å². The average molecular weight is 347 g/mol. The van der Waals surface area contributed by atoms with Crippen molar-refractivity contribution in [3.8, 4) is 0 Å². The SMILES string of the molecule is CC(C)(C)NC(=O)CNc1ccc(I)cc1N. The van der Waals surface area contributed by atoms with E-state index in [4.69, 9.17) is 5.73 Å². The van der Waals surface area contributed by atoms with E-state index in [1.165, 1.54) is 0 Å². The first-order valence-corrected chi connectivity index (χ1v) is 6.46. The lowest BCUT2D eigenvalue weighted by molar-refractivity contribution is -0.120. The monoisotopic (exact) mass is 347 g/mol. The number of hydrogen-bond donors (Lipinski definition) is 3. The van der Waals surface area contributed by atoms with Crippen LogP contribution in [0, 0.1) is 3.57 Å². The number of amides is 1. The smallest absolute Gasteiger partial charge is 0.239 e. The lowest BCUT2D eigenvalue weighted by Crippen LogP contribution is -2.43. The third-order valence-electron chi connectivity index (χ3n) is 1.97. The van der Waals surface area contributed by atoms with Gasteiger partial charge in [0.15, 0.2) is 0 Å². The first-order chi connectivity index (χ1) is 7.78. The van der Waals surface area contributed by atoms with Gasteiger partial charge in [0.05, 0.1) is 17.9 Å². The van der Waals surface area contributed by atoms with Gasteiger partial charge in [-0.2, -0.15) is 0 Å². The number of rotatable bonds is 3. The van der Waals surface area contributed by atoms with Crippen LogP contribution in [0.4, 0.5) is 11.4 Å². The van der Waals surface area contributed by atoms with Crippen molar-refractivity contribution < 1.29 is 4.79 Å². The first kappa shape index (κ1) is 14.1. The number of nitrogens with one attached hydrogen (secondary N) is 2. The molecule has 1 aromatic carbocycles. The summed E-state index contributed by atoms with van der Waals surface area (Å²) in [6, 6.07) is 5.69. The quantitative estimate of drug-likeness (QED) is 0.580. The Bertz CT molecular complexity index is 413. The predicted molar refractivity (Wildman–Crippen MR) is 80.0 cm³/mol. The zero-order valence-electron chi connectivity index (χ0n) is 10.3. The number of nitrogen functional groups attached to an aromatic ring is 1. The molecule has 0 aliphatic carbocycles. The lowest BCUT2D eigenvalue weighted by Gasteiger charge is -2.21. The maximum atomic E-state index is 11.6. The summed E-state index contributed by atoms with van der Waals surface area (Å²) >= 11 is 2.19. The summed E-state index contributed by atoms with van der Waals surface area (Å²) < 4.78 is 1.07. The van der Waals surface area contributed by atoms with Crippen molar-refractivity contribution in [1.82, 2.24) is 5.32 Å². The van der Waals surface area contributed by atoms with Crippen molar-refractivity contribution in [3.63, 3.8) is 0 Å². The summed E-state index contributed by atoms with van der Waals surface area (Å²) in [4.78, 5) is 11.6. The number of nitrogens with two attached hydrogens (primary N) is 1. The Hall–Kier alpha value is -0.980. The Morgan fingerprint density at radius 1 is 1.41 bits per heavy atom. The molecule has 17 heavy (non-hydrogen) atoms. The number of carbonyl (C=O) groups is 1. The Labute approximate surface area is 115 Å². The van der Waals surface area contributed by atoms with Crippen LogP contribution in [0.2, 0.25) is 0 Å². The van der Waals surface area contributed by atoms with Crippen molar-refractivity contribution >= 4 is 39.9 Å². The molecule has 94 valence electrons. The number of hydrogen-bond acceptors (Lipinski definition) is 3. The molecule has 1 aromatic rings. The fourth-order valence-corrected chi connectivity index (χ4v) is 1.85. The molecule has 0 radical (unpaired) electrons. The van der Waals surface area contributed by atoms with Crippen molar-refractivity contribution in [3.05, 3.63) is 21.8 Å². The number of halogens is 1. The van der Waals surface area contributed by atoms with Crippen LogP contribution in [-0.4, -0.2) is 18.0 Å². The van der Waals surface area contributed by atoms with Gasteiger partial charge >= 0.3 is 0 Å². The molecule has 0 aliphatic heterocycles. The molecule has 0 aromatic heterocycles. The van der Waals surface area contributed by atoms with Gasteiger partial charge in [0.25, 0.3) is 0 Å². The van der Waals surface area contributed by atoms with Gasteiger partial charge in [-0.15, -0.1) is 0 Å². The van der Waals surface area contributed by atoms with E-state index in [2.05, 4.69) is 33.2 Å². The zero-order valence-corrected chi connectivity index (χ0v) is 12.5.